The van der Waals surface area contributed by atoms with Gasteiger partial charge in [0.1, 0.15) is 11.5 Å². The number of hydrogen-bond acceptors (Lipinski definition) is 2. The zero-order chi connectivity index (χ0) is 13.0. The zero-order valence-corrected chi connectivity index (χ0v) is 10.9. The van der Waals surface area contributed by atoms with E-state index in [0.717, 1.165) is 17.9 Å². The molecule has 0 aliphatic carbocycles. The van der Waals surface area contributed by atoms with Crippen LogP contribution >= 0.6 is 0 Å². The van der Waals surface area contributed by atoms with Crippen molar-refractivity contribution in [1.82, 2.24) is 0 Å². The molecule has 94 valence electrons. The van der Waals surface area contributed by atoms with Gasteiger partial charge in [-0.3, -0.25) is 0 Å². The van der Waals surface area contributed by atoms with Gasteiger partial charge in [0.2, 0.25) is 0 Å². The third-order valence-electron chi connectivity index (χ3n) is 2.85. The molecule has 0 amide bonds. The number of ether oxygens (including phenoxy) is 1. The lowest BCUT2D eigenvalue weighted by atomic mass is 10.1. The lowest BCUT2D eigenvalue weighted by molar-refractivity contribution is 0.475. The molecule has 0 unspecified atom stereocenters. The number of aryl methyl sites for hydroxylation is 2. The van der Waals surface area contributed by atoms with Gasteiger partial charge in [0.05, 0.1) is 0 Å². The minimum absolute atomic E-state index is 0.633. The maximum absolute atomic E-state index is 5.94. The summed E-state index contributed by atoms with van der Waals surface area (Å²) >= 11 is 0. The molecular formula is C16H19NO. The van der Waals surface area contributed by atoms with Crippen molar-refractivity contribution in [3.63, 3.8) is 0 Å². The Morgan fingerprint density at radius 3 is 2.50 bits per heavy atom. The molecule has 0 radical (unpaired) electrons. The van der Waals surface area contributed by atoms with Crippen LogP contribution in [0.4, 0.5) is 0 Å². The van der Waals surface area contributed by atoms with Gasteiger partial charge in [-0.1, -0.05) is 29.8 Å². The first-order valence-corrected chi connectivity index (χ1v) is 6.23. The highest BCUT2D eigenvalue weighted by Crippen LogP contribution is 2.27. The second-order valence-corrected chi connectivity index (χ2v) is 4.57. The number of nitrogens with two attached hydrogens (primary N) is 1. The molecule has 0 saturated carbocycles. The van der Waals surface area contributed by atoms with E-state index in [0.29, 0.717) is 6.54 Å². The van der Waals surface area contributed by atoms with E-state index in [1.54, 1.807) is 0 Å². The predicted octanol–water partition coefficient (Wildman–Crippen LogP) is 3.60. The first-order valence-electron chi connectivity index (χ1n) is 6.23. The summed E-state index contributed by atoms with van der Waals surface area (Å²) < 4.78 is 5.94. The number of benzene rings is 2. The van der Waals surface area contributed by atoms with Crippen LogP contribution in [0, 0.1) is 13.8 Å². The summed E-state index contributed by atoms with van der Waals surface area (Å²) in [7, 11) is 0. The summed E-state index contributed by atoms with van der Waals surface area (Å²) in [6.45, 7) is 4.77. The summed E-state index contributed by atoms with van der Waals surface area (Å²) in [6, 6.07) is 14.3. The Balaban J connectivity index is 2.28. The topological polar surface area (TPSA) is 35.2 Å². The van der Waals surface area contributed by atoms with Crippen LogP contribution in [0.2, 0.25) is 0 Å². The van der Waals surface area contributed by atoms with Gasteiger partial charge < -0.3 is 10.5 Å². The summed E-state index contributed by atoms with van der Waals surface area (Å²) in [4.78, 5) is 0. The average Bonchev–Trinajstić information content (AvgIpc) is 2.33. The van der Waals surface area contributed by atoms with Gasteiger partial charge in [-0.05, 0) is 56.1 Å². The molecule has 0 saturated heterocycles. The molecule has 2 nitrogen and oxygen atoms in total. The molecule has 0 aliphatic heterocycles. The van der Waals surface area contributed by atoms with Crippen molar-refractivity contribution in [3.05, 3.63) is 59.2 Å². The van der Waals surface area contributed by atoms with Gasteiger partial charge >= 0.3 is 0 Å². The molecule has 2 aromatic carbocycles. The second-order valence-electron chi connectivity index (χ2n) is 4.57. The highest BCUT2D eigenvalue weighted by Gasteiger charge is 2.05. The quantitative estimate of drug-likeness (QED) is 0.887. The molecule has 0 bridgehead atoms. The standard InChI is InChI=1S/C16H19NO/c1-12-4-3-5-15(11-12)18-16-7-6-13(2)10-14(16)8-9-17/h3-7,10-11H,8-9,17H2,1-2H3. The van der Waals surface area contributed by atoms with E-state index in [-0.39, 0.29) is 0 Å². The Labute approximate surface area is 108 Å². The Hall–Kier alpha value is -1.80. The van der Waals surface area contributed by atoms with E-state index in [2.05, 4.69) is 32.0 Å². The van der Waals surface area contributed by atoms with E-state index < -0.39 is 0 Å². The van der Waals surface area contributed by atoms with E-state index in [4.69, 9.17) is 10.5 Å². The fraction of sp³-hybridized carbons (Fsp3) is 0.250. The molecule has 0 aliphatic rings. The molecule has 0 spiro atoms. The summed E-state index contributed by atoms with van der Waals surface area (Å²) in [6.07, 6.45) is 0.836. The Bertz CT molecular complexity index is 534. The van der Waals surface area contributed by atoms with Crippen LogP contribution in [0.1, 0.15) is 16.7 Å². The minimum Gasteiger partial charge on any atom is -0.457 e. The van der Waals surface area contributed by atoms with Crippen molar-refractivity contribution < 1.29 is 4.74 Å². The summed E-state index contributed by atoms with van der Waals surface area (Å²) in [5.41, 5.74) is 9.23. The highest BCUT2D eigenvalue weighted by atomic mass is 16.5. The molecule has 18 heavy (non-hydrogen) atoms. The summed E-state index contributed by atoms with van der Waals surface area (Å²) in [5, 5.41) is 0. The third-order valence-corrected chi connectivity index (χ3v) is 2.85. The lowest BCUT2D eigenvalue weighted by Gasteiger charge is -2.12. The Morgan fingerprint density at radius 1 is 1.00 bits per heavy atom. The van der Waals surface area contributed by atoms with Gasteiger partial charge in [0, 0.05) is 0 Å². The van der Waals surface area contributed by atoms with Crippen molar-refractivity contribution in [2.75, 3.05) is 6.54 Å². The number of rotatable bonds is 4. The Morgan fingerprint density at radius 2 is 1.78 bits per heavy atom. The lowest BCUT2D eigenvalue weighted by Crippen LogP contribution is -2.04. The second kappa shape index (κ2) is 5.69. The van der Waals surface area contributed by atoms with Crippen LogP contribution in [0.15, 0.2) is 42.5 Å². The van der Waals surface area contributed by atoms with Crippen LogP contribution in [0.3, 0.4) is 0 Å². The third kappa shape index (κ3) is 3.11. The molecule has 0 fully saturated rings. The summed E-state index contributed by atoms with van der Waals surface area (Å²) in [5.74, 6) is 1.77. The van der Waals surface area contributed by atoms with Crippen LogP contribution in [-0.2, 0) is 6.42 Å². The molecule has 2 rings (SSSR count). The SMILES string of the molecule is Cc1cccc(Oc2ccc(C)cc2CCN)c1. The van der Waals surface area contributed by atoms with Crippen molar-refractivity contribution in [2.24, 2.45) is 5.73 Å². The van der Waals surface area contributed by atoms with E-state index >= 15 is 0 Å². The fourth-order valence-electron chi connectivity index (χ4n) is 1.96. The van der Waals surface area contributed by atoms with Gasteiger partial charge in [-0.25, -0.2) is 0 Å². The smallest absolute Gasteiger partial charge is 0.130 e. The molecule has 0 atom stereocenters. The van der Waals surface area contributed by atoms with Gasteiger partial charge in [-0.15, -0.1) is 0 Å². The zero-order valence-electron chi connectivity index (χ0n) is 10.9. The molecule has 2 heteroatoms. The molecule has 0 heterocycles. The normalized spacial score (nSPS) is 10.4. The molecular weight excluding hydrogens is 222 g/mol. The monoisotopic (exact) mass is 241 g/mol. The predicted molar refractivity (Wildman–Crippen MR) is 75.2 cm³/mol. The fourth-order valence-corrected chi connectivity index (χ4v) is 1.96. The van der Waals surface area contributed by atoms with Gasteiger partial charge in [0.25, 0.3) is 0 Å². The highest BCUT2D eigenvalue weighted by molar-refractivity contribution is 5.41. The average molecular weight is 241 g/mol. The van der Waals surface area contributed by atoms with E-state index in [1.165, 1.54) is 16.7 Å². The number of hydrogen-bond donors (Lipinski definition) is 1. The van der Waals surface area contributed by atoms with Crippen molar-refractivity contribution in [2.45, 2.75) is 20.3 Å². The molecule has 0 aromatic heterocycles. The maximum atomic E-state index is 5.94. The molecule has 2 N–H and O–H groups in total. The van der Waals surface area contributed by atoms with E-state index in [9.17, 15) is 0 Å². The first-order chi connectivity index (χ1) is 8.69. The minimum atomic E-state index is 0.633. The first kappa shape index (κ1) is 12.7. The van der Waals surface area contributed by atoms with Crippen molar-refractivity contribution in [1.29, 1.82) is 0 Å². The van der Waals surface area contributed by atoms with Crippen molar-refractivity contribution in [3.8, 4) is 11.5 Å². The van der Waals surface area contributed by atoms with Crippen LogP contribution in [0.5, 0.6) is 11.5 Å². The Kier molecular flexibility index (Phi) is 4.00. The van der Waals surface area contributed by atoms with E-state index in [1.807, 2.05) is 24.3 Å². The molecule has 2 aromatic rings. The maximum Gasteiger partial charge on any atom is 0.130 e. The largest absolute Gasteiger partial charge is 0.457 e. The van der Waals surface area contributed by atoms with Gasteiger partial charge in [-0.2, -0.15) is 0 Å². The van der Waals surface area contributed by atoms with Crippen LogP contribution in [-0.4, -0.2) is 6.54 Å². The van der Waals surface area contributed by atoms with Gasteiger partial charge in [0.15, 0.2) is 0 Å². The van der Waals surface area contributed by atoms with Crippen LogP contribution in [0.25, 0.3) is 0 Å². The van der Waals surface area contributed by atoms with Crippen LogP contribution < -0.4 is 10.5 Å². The van der Waals surface area contributed by atoms with Crippen molar-refractivity contribution >= 4 is 0 Å².